The molecule has 0 saturated carbocycles. The minimum atomic E-state index is -4.72. The van der Waals surface area contributed by atoms with Crippen LogP contribution in [0.3, 0.4) is 0 Å². The summed E-state index contributed by atoms with van der Waals surface area (Å²) in [4.78, 5) is 8.43. The summed E-state index contributed by atoms with van der Waals surface area (Å²) >= 11 is 0. The minimum Gasteiger partial charge on any atom is -0.492 e. The first-order valence-electron chi connectivity index (χ1n) is 9.32. The molecule has 0 spiro atoms. The van der Waals surface area contributed by atoms with E-state index in [9.17, 15) is 13.2 Å². The highest BCUT2D eigenvalue weighted by molar-refractivity contribution is 5.66. The van der Waals surface area contributed by atoms with E-state index in [2.05, 4.69) is 25.3 Å². The predicted molar refractivity (Wildman–Crippen MR) is 108 cm³/mol. The molecule has 2 N–H and O–H groups in total. The van der Waals surface area contributed by atoms with Crippen molar-refractivity contribution in [2.45, 2.75) is 13.3 Å². The van der Waals surface area contributed by atoms with Crippen molar-refractivity contribution in [1.82, 2.24) is 15.3 Å². The van der Waals surface area contributed by atoms with Crippen LogP contribution >= 0.6 is 0 Å². The number of likely N-dealkylation sites (N-methyl/N-ethyl adjacent to an activating group) is 1. The van der Waals surface area contributed by atoms with E-state index < -0.39 is 6.36 Å². The van der Waals surface area contributed by atoms with Gasteiger partial charge in [-0.1, -0.05) is 6.92 Å². The number of nitrogens with one attached hydrogen (secondary N) is 2. The zero-order valence-corrected chi connectivity index (χ0v) is 16.2. The molecule has 0 radical (unpaired) electrons. The predicted octanol–water partition coefficient (Wildman–Crippen LogP) is 4.77. The Morgan fingerprint density at radius 3 is 2.30 bits per heavy atom. The molecule has 1 heterocycles. The average Bonchev–Trinajstić information content (AvgIpc) is 2.72. The van der Waals surface area contributed by atoms with E-state index in [1.807, 2.05) is 31.2 Å². The second kappa shape index (κ2) is 9.93. The summed E-state index contributed by atoms with van der Waals surface area (Å²) in [5.41, 5.74) is 2.15. The maximum absolute atomic E-state index is 12.2. The van der Waals surface area contributed by atoms with Crippen LogP contribution in [0.25, 0.3) is 11.3 Å². The molecular formula is C21H21F3N4O2. The van der Waals surface area contributed by atoms with Crippen molar-refractivity contribution in [2.24, 2.45) is 0 Å². The normalized spacial score (nSPS) is 11.2. The van der Waals surface area contributed by atoms with Gasteiger partial charge in [0, 0.05) is 23.9 Å². The fourth-order valence-corrected chi connectivity index (χ4v) is 2.61. The Hall–Kier alpha value is -3.33. The Labute approximate surface area is 172 Å². The van der Waals surface area contributed by atoms with Crippen molar-refractivity contribution in [3.63, 3.8) is 0 Å². The number of hydrogen-bond donors (Lipinski definition) is 2. The third-order valence-corrected chi connectivity index (χ3v) is 3.98. The van der Waals surface area contributed by atoms with Crippen LogP contribution in [0.5, 0.6) is 11.5 Å². The van der Waals surface area contributed by atoms with Crippen LogP contribution < -0.4 is 20.1 Å². The largest absolute Gasteiger partial charge is 0.573 e. The third-order valence-electron chi connectivity index (χ3n) is 3.98. The first-order valence-corrected chi connectivity index (χ1v) is 9.32. The molecule has 1 aromatic heterocycles. The van der Waals surface area contributed by atoms with Gasteiger partial charge in [-0.2, -0.15) is 0 Å². The Morgan fingerprint density at radius 1 is 0.933 bits per heavy atom. The van der Waals surface area contributed by atoms with Crippen LogP contribution in [-0.4, -0.2) is 36.0 Å². The number of ether oxygens (including phenoxy) is 2. The zero-order chi connectivity index (χ0) is 21.4. The van der Waals surface area contributed by atoms with Gasteiger partial charge in [0.1, 0.15) is 30.3 Å². The molecule has 9 heteroatoms. The van der Waals surface area contributed by atoms with Crippen LogP contribution in [-0.2, 0) is 0 Å². The Kier molecular flexibility index (Phi) is 7.08. The minimum absolute atomic E-state index is 0.288. The number of aromatic nitrogens is 2. The van der Waals surface area contributed by atoms with Gasteiger partial charge in [-0.15, -0.1) is 13.2 Å². The summed E-state index contributed by atoms with van der Waals surface area (Å²) in [7, 11) is 0. The second-order valence-electron chi connectivity index (χ2n) is 6.21. The molecule has 6 nitrogen and oxygen atoms in total. The zero-order valence-electron chi connectivity index (χ0n) is 16.2. The monoisotopic (exact) mass is 418 g/mol. The third kappa shape index (κ3) is 6.63. The first-order chi connectivity index (χ1) is 14.4. The van der Waals surface area contributed by atoms with Crippen molar-refractivity contribution >= 4 is 11.5 Å². The summed E-state index contributed by atoms with van der Waals surface area (Å²) in [6.45, 7) is 4.30. The standard InChI is InChI=1S/C21H21F3N4O2/c1-2-25-11-12-29-17-7-3-15(4-8-17)19-13-20(27-14-26-19)28-16-5-9-18(10-6-16)30-21(22,23)24/h3-10,13-14,25H,2,11-12H2,1H3,(H,26,27,28). The summed E-state index contributed by atoms with van der Waals surface area (Å²) in [6, 6.07) is 14.7. The first kappa shape index (κ1) is 21.4. The van der Waals surface area contributed by atoms with E-state index in [0.717, 1.165) is 24.4 Å². The molecule has 0 aliphatic carbocycles. The quantitative estimate of drug-likeness (QED) is 0.488. The van der Waals surface area contributed by atoms with Crippen molar-refractivity contribution in [1.29, 1.82) is 0 Å². The van der Waals surface area contributed by atoms with Gasteiger partial charge < -0.3 is 20.1 Å². The molecule has 0 saturated heterocycles. The molecule has 0 amide bonds. The molecule has 158 valence electrons. The molecule has 0 atom stereocenters. The average molecular weight is 418 g/mol. The number of halogens is 3. The SMILES string of the molecule is CCNCCOc1ccc(-c2cc(Nc3ccc(OC(F)(F)F)cc3)ncn2)cc1. The van der Waals surface area contributed by atoms with Gasteiger partial charge in [-0.25, -0.2) is 9.97 Å². The van der Waals surface area contributed by atoms with Crippen LogP contribution in [0.2, 0.25) is 0 Å². The van der Waals surface area contributed by atoms with Crippen LogP contribution in [0.1, 0.15) is 6.92 Å². The van der Waals surface area contributed by atoms with Crippen molar-refractivity contribution < 1.29 is 22.6 Å². The van der Waals surface area contributed by atoms with E-state index in [1.165, 1.54) is 30.6 Å². The fraction of sp³-hybridized carbons (Fsp3) is 0.238. The lowest BCUT2D eigenvalue weighted by Gasteiger charge is -2.11. The second-order valence-corrected chi connectivity index (χ2v) is 6.21. The number of rotatable bonds is 9. The van der Waals surface area contributed by atoms with Crippen molar-refractivity contribution in [2.75, 3.05) is 25.0 Å². The van der Waals surface area contributed by atoms with E-state index in [0.29, 0.717) is 23.8 Å². The Morgan fingerprint density at radius 2 is 1.63 bits per heavy atom. The van der Waals surface area contributed by atoms with Crippen LogP contribution in [0.15, 0.2) is 60.9 Å². The van der Waals surface area contributed by atoms with E-state index in [4.69, 9.17) is 4.74 Å². The molecule has 0 fully saturated rings. The van der Waals surface area contributed by atoms with E-state index in [1.54, 1.807) is 6.07 Å². The van der Waals surface area contributed by atoms with E-state index >= 15 is 0 Å². The lowest BCUT2D eigenvalue weighted by Crippen LogP contribution is -2.20. The van der Waals surface area contributed by atoms with Gasteiger partial charge in [0.2, 0.25) is 0 Å². The summed E-state index contributed by atoms with van der Waals surface area (Å²) in [5, 5.41) is 6.22. The lowest BCUT2D eigenvalue weighted by atomic mass is 10.1. The summed E-state index contributed by atoms with van der Waals surface area (Å²) < 4.78 is 46.3. The Bertz CT molecular complexity index is 932. The topological polar surface area (TPSA) is 68.3 Å². The smallest absolute Gasteiger partial charge is 0.492 e. The van der Waals surface area contributed by atoms with Crippen molar-refractivity contribution in [3.05, 3.63) is 60.9 Å². The van der Waals surface area contributed by atoms with Gasteiger partial charge in [-0.3, -0.25) is 0 Å². The molecular weight excluding hydrogens is 397 g/mol. The molecule has 3 rings (SSSR count). The van der Waals surface area contributed by atoms with Crippen molar-refractivity contribution in [3.8, 4) is 22.8 Å². The highest BCUT2D eigenvalue weighted by Crippen LogP contribution is 2.26. The summed E-state index contributed by atoms with van der Waals surface area (Å²) in [5.74, 6) is 0.991. The highest BCUT2D eigenvalue weighted by atomic mass is 19.4. The number of anilines is 2. The van der Waals surface area contributed by atoms with Gasteiger partial charge >= 0.3 is 6.36 Å². The number of alkyl halides is 3. The molecule has 0 aliphatic rings. The number of nitrogens with zero attached hydrogens (tertiary/aromatic N) is 2. The van der Waals surface area contributed by atoms with Gasteiger partial charge in [0.25, 0.3) is 0 Å². The fourth-order valence-electron chi connectivity index (χ4n) is 2.61. The van der Waals surface area contributed by atoms with Gasteiger partial charge in [0.05, 0.1) is 5.69 Å². The number of hydrogen-bond acceptors (Lipinski definition) is 6. The Balaban J connectivity index is 1.63. The molecule has 3 aromatic rings. The molecule has 30 heavy (non-hydrogen) atoms. The van der Waals surface area contributed by atoms with Crippen LogP contribution in [0.4, 0.5) is 24.7 Å². The lowest BCUT2D eigenvalue weighted by molar-refractivity contribution is -0.274. The number of benzene rings is 2. The molecule has 0 bridgehead atoms. The molecule has 0 unspecified atom stereocenters. The van der Waals surface area contributed by atoms with Crippen LogP contribution in [0, 0.1) is 0 Å². The molecule has 2 aromatic carbocycles. The molecule has 0 aliphatic heterocycles. The highest BCUT2D eigenvalue weighted by Gasteiger charge is 2.30. The maximum Gasteiger partial charge on any atom is 0.573 e. The van der Waals surface area contributed by atoms with E-state index in [-0.39, 0.29) is 5.75 Å². The van der Waals surface area contributed by atoms with Gasteiger partial charge in [-0.05, 0) is 55.1 Å². The van der Waals surface area contributed by atoms with Gasteiger partial charge in [0.15, 0.2) is 0 Å². The maximum atomic E-state index is 12.2. The summed E-state index contributed by atoms with van der Waals surface area (Å²) in [6.07, 6.45) is -3.30.